The lowest BCUT2D eigenvalue weighted by molar-refractivity contribution is 0.683. The highest BCUT2D eigenvalue weighted by molar-refractivity contribution is 9.10. The van der Waals surface area contributed by atoms with Crippen LogP contribution in [0.1, 0.15) is 5.56 Å². The van der Waals surface area contributed by atoms with E-state index in [0.717, 1.165) is 14.5 Å². The minimum Gasteiger partial charge on any atom is -0.398 e. The van der Waals surface area contributed by atoms with Gasteiger partial charge in [0, 0.05) is 14.6 Å². The lowest BCUT2D eigenvalue weighted by Gasteiger charge is -2.07. The first-order chi connectivity index (χ1) is 8.58. The van der Waals surface area contributed by atoms with Crippen LogP contribution in [0.15, 0.2) is 56.3 Å². The molecule has 2 nitrogen and oxygen atoms in total. The van der Waals surface area contributed by atoms with Crippen molar-refractivity contribution in [2.45, 2.75) is 10.6 Å². The maximum Gasteiger partial charge on any atom is 0.0621 e. The molecule has 0 spiro atoms. The van der Waals surface area contributed by atoms with Crippen LogP contribution in [0, 0.1) is 0 Å². The minimum absolute atomic E-state index is 0.452. The van der Waals surface area contributed by atoms with Crippen molar-refractivity contribution in [2.75, 3.05) is 5.73 Å². The second-order valence-electron chi connectivity index (χ2n) is 3.76. The summed E-state index contributed by atoms with van der Waals surface area (Å²) in [6.07, 6.45) is 0. The van der Waals surface area contributed by atoms with Gasteiger partial charge in [-0.1, -0.05) is 50.1 Å². The largest absolute Gasteiger partial charge is 0.398 e. The molecule has 0 aliphatic heterocycles. The van der Waals surface area contributed by atoms with Crippen LogP contribution in [0.4, 0.5) is 5.69 Å². The average molecular weight is 389 g/mol. The van der Waals surface area contributed by atoms with Crippen molar-refractivity contribution in [2.24, 2.45) is 0 Å². The lowest BCUT2D eigenvalue weighted by atomic mass is 10.2. The molecule has 0 amide bonds. The zero-order chi connectivity index (χ0) is 13.1. The van der Waals surface area contributed by atoms with Crippen LogP contribution in [-0.2, 0) is 16.6 Å². The highest BCUT2D eigenvalue weighted by Crippen LogP contribution is 2.25. The molecule has 5 heteroatoms. The topological polar surface area (TPSA) is 43.1 Å². The first-order valence-electron chi connectivity index (χ1n) is 5.25. The van der Waals surface area contributed by atoms with Gasteiger partial charge in [0.05, 0.1) is 21.4 Å². The molecule has 0 saturated carbocycles. The van der Waals surface area contributed by atoms with Crippen molar-refractivity contribution in [1.29, 1.82) is 0 Å². The van der Waals surface area contributed by atoms with Crippen molar-refractivity contribution >= 4 is 48.3 Å². The second kappa shape index (κ2) is 5.99. The first kappa shape index (κ1) is 13.8. The molecule has 2 N–H and O–H groups in total. The van der Waals surface area contributed by atoms with E-state index < -0.39 is 10.8 Å². The van der Waals surface area contributed by atoms with Crippen LogP contribution >= 0.6 is 31.9 Å². The summed E-state index contributed by atoms with van der Waals surface area (Å²) in [5.41, 5.74) is 7.44. The molecule has 2 aromatic carbocycles. The maximum atomic E-state index is 12.3. The molecule has 94 valence electrons. The Morgan fingerprint density at radius 3 is 2.50 bits per heavy atom. The van der Waals surface area contributed by atoms with Crippen LogP contribution in [-0.4, -0.2) is 4.21 Å². The fourth-order valence-corrected chi connectivity index (χ4v) is 3.78. The van der Waals surface area contributed by atoms with Gasteiger partial charge in [-0.05, 0) is 29.8 Å². The molecule has 0 fully saturated rings. The number of halogens is 2. The Bertz CT molecular complexity index is 601. The van der Waals surface area contributed by atoms with Crippen LogP contribution in [0.2, 0.25) is 0 Å². The van der Waals surface area contributed by atoms with Gasteiger partial charge in [0.15, 0.2) is 0 Å². The van der Waals surface area contributed by atoms with Crippen LogP contribution in [0.25, 0.3) is 0 Å². The molecule has 0 radical (unpaired) electrons. The fraction of sp³-hybridized carbons (Fsp3) is 0.0769. The zero-order valence-electron chi connectivity index (χ0n) is 9.40. The monoisotopic (exact) mass is 387 g/mol. The summed E-state index contributed by atoms with van der Waals surface area (Å²) >= 11 is 6.79. The van der Waals surface area contributed by atoms with Gasteiger partial charge < -0.3 is 5.73 Å². The summed E-state index contributed by atoms with van der Waals surface area (Å²) in [5.74, 6) is 0.452. The Morgan fingerprint density at radius 1 is 1.11 bits per heavy atom. The van der Waals surface area contributed by atoms with Gasteiger partial charge in [0.25, 0.3) is 0 Å². The van der Waals surface area contributed by atoms with Gasteiger partial charge in [-0.2, -0.15) is 0 Å². The Labute approximate surface area is 125 Å². The van der Waals surface area contributed by atoms with Crippen LogP contribution in [0.5, 0.6) is 0 Å². The average Bonchev–Trinajstić information content (AvgIpc) is 2.32. The summed E-state index contributed by atoms with van der Waals surface area (Å²) < 4.78 is 14.2. The number of benzene rings is 2. The highest BCUT2D eigenvalue weighted by atomic mass is 79.9. The number of nitrogens with two attached hydrogens (primary N) is 1. The predicted octanol–water partition coefficient (Wildman–Crippen LogP) is 4.10. The summed E-state index contributed by atoms with van der Waals surface area (Å²) in [6, 6.07) is 13.2. The third-order valence-corrected chi connectivity index (χ3v) is 5.16. The lowest BCUT2D eigenvalue weighted by Crippen LogP contribution is -2.01. The molecular weight excluding hydrogens is 378 g/mol. The summed E-state index contributed by atoms with van der Waals surface area (Å²) in [6.45, 7) is 0. The molecule has 2 rings (SSSR count). The normalized spacial score (nSPS) is 12.3. The molecule has 0 saturated heterocycles. The summed E-state index contributed by atoms with van der Waals surface area (Å²) in [4.78, 5) is 0.675. The van der Waals surface area contributed by atoms with Gasteiger partial charge in [0.1, 0.15) is 0 Å². The van der Waals surface area contributed by atoms with E-state index in [9.17, 15) is 4.21 Å². The first-order valence-corrected chi connectivity index (χ1v) is 8.15. The van der Waals surface area contributed by atoms with Crippen molar-refractivity contribution in [1.82, 2.24) is 0 Å². The number of rotatable bonds is 3. The van der Waals surface area contributed by atoms with Crippen LogP contribution < -0.4 is 5.73 Å². The molecule has 0 heterocycles. The highest BCUT2D eigenvalue weighted by Gasteiger charge is 2.10. The van der Waals surface area contributed by atoms with Crippen molar-refractivity contribution in [3.63, 3.8) is 0 Å². The Morgan fingerprint density at radius 2 is 1.83 bits per heavy atom. The molecule has 0 aromatic heterocycles. The second-order valence-corrected chi connectivity index (χ2v) is 6.95. The SMILES string of the molecule is Nc1cc(Br)ccc1S(=O)Cc1ccccc1Br. The predicted molar refractivity (Wildman–Crippen MR) is 82.8 cm³/mol. The van der Waals surface area contributed by atoms with Gasteiger partial charge >= 0.3 is 0 Å². The molecule has 0 aliphatic carbocycles. The zero-order valence-corrected chi connectivity index (χ0v) is 13.4. The number of hydrogen-bond donors (Lipinski definition) is 1. The van der Waals surface area contributed by atoms with E-state index in [-0.39, 0.29) is 0 Å². The van der Waals surface area contributed by atoms with Crippen molar-refractivity contribution in [3.8, 4) is 0 Å². The molecular formula is C13H11Br2NOS. The summed E-state index contributed by atoms with van der Waals surface area (Å²) in [5, 5.41) is 0. The molecule has 0 aliphatic rings. The van der Waals surface area contributed by atoms with Crippen molar-refractivity contribution < 1.29 is 4.21 Å². The van der Waals surface area contributed by atoms with E-state index in [2.05, 4.69) is 31.9 Å². The van der Waals surface area contributed by atoms with Gasteiger partial charge in [-0.25, -0.2) is 0 Å². The van der Waals surface area contributed by atoms with E-state index >= 15 is 0 Å². The van der Waals surface area contributed by atoms with Crippen LogP contribution in [0.3, 0.4) is 0 Å². The Kier molecular flexibility index (Phi) is 4.59. The molecule has 1 unspecified atom stereocenters. The molecule has 18 heavy (non-hydrogen) atoms. The number of hydrogen-bond acceptors (Lipinski definition) is 2. The smallest absolute Gasteiger partial charge is 0.0621 e. The quantitative estimate of drug-likeness (QED) is 0.804. The molecule has 2 aromatic rings. The van der Waals surface area contributed by atoms with E-state index in [0.29, 0.717) is 16.3 Å². The van der Waals surface area contributed by atoms with E-state index in [1.165, 1.54) is 0 Å². The van der Waals surface area contributed by atoms with Gasteiger partial charge in [-0.15, -0.1) is 0 Å². The summed E-state index contributed by atoms with van der Waals surface area (Å²) in [7, 11) is -1.14. The van der Waals surface area contributed by atoms with E-state index in [4.69, 9.17) is 5.73 Å². The number of anilines is 1. The standard InChI is InChI=1S/C13H11Br2NOS/c14-10-5-6-13(12(16)7-10)18(17)8-9-3-1-2-4-11(9)15/h1-7H,8,16H2. The van der Waals surface area contributed by atoms with Gasteiger partial charge in [-0.3, -0.25) is 4.21 Å². The maximum absolute atomic E-state index is 12.3. The number of nitrogen functional groups attached to an aromatic ring is 1. The Balaban J connectivity index is 2.25. The molecule has 1 atom stereocenters. The van der Waals surface area contributed by atoms with E-state index in [1.807, 2.05) is 30.3 Å². The Hall–Kier alpha value is -0.650. The third kappa shape index (κ3) is 3.22. The van der Waals surface area contributed by atoms with Gasteiger partial charge in [0.2, 0.25) is 0 Å². The fourth-order valence-electron chi connectivity index (χ4n) is 1.56. The molecule has 0 bridgehead atoms. The third-order valence-electron chi connectivity index (χ3n) is 2.46. The van der Waals surface area contributed by atoms with Crippen molar-refractivity contribution in [3.05, 3.63) is 57.0 Å². The minimum atomic E-state index is -1.14. The van der Waals surface area contributed by atoms with E-state index in [1.54, 1.807) is 12.1 Å².